The monoisotopic (exact) mass is 309 g/mol. The summed E-state index contributed by atoms with van der Waals surface area (Å²) in [6, 6.07) is 5.69. The highest BCUT2D eigenvalue weighted by molar-refractivity contribution is 6.42. The van der Waals surface area contributed by atoms with Crippen LogP contribution in [0.15, 0.2) is 18.2 Å². The zero-order chi connectivity index (χ0) is 12.3. The maximum absolute atomic E-state index is 9.78. The van der Waals surface area contributed by atoms with Crippen LogP contribution in [-0.4, -0.2) is 24.8 Å². The standard InChI is InChI=1S/C13H17Cl2NO.ClH/c14-11-3-2-10(8-12(11)15)13(9-17)4-1-6-16-7-5-13;/h2-3,8,16-17H,1,4-7,9H2;1H. The maximum Gasteiger partial charge on any atom is 0.0595 e. The first-order valence-corrected chi connectivity index (χ1v) is 6.71. The Labute approximate surface area is 124 Å². The van der Waals surface area contributed by atoms with Crippen LogP contribution in [-0.2, 0) is 5.41 Å². The summed E-state index contributed by atoms with van der Waals surface area (Å²) in [5.74, 6) is 0. The largest absolute Gasteiger partial charge is 0.395 e. The number of halogens is 3. The number of nitrogens with one attached hydrogen (secondary N) is 1. The number of hydrogen-bond donors (Lipinski definition) is 2. The van der Waals surface area contributed by atoms with Crippen molar-refractivity contribution in [3.8, 4) is 0 Å². The average molecular weight is 311 g/mol. The number of aliphatic hydroxyl groups excluding tert-OH is 1. The predicted octanol–water partition coefficient (Wildman–Crippen LogP) is 3.42. The Balaban J connectivity index is 0.00000162. The van der Waals surface area contributed by atoms with E-state index in [0.717, 1.165) is 37.9 Å². The van der Waals surface area contributed by atoms with Crippen LogP contribution in [0.4, 0.5) is 0 Å². The molecule has 102 valence electrons. The van der Waals surface area contributed by atoms with Gasteiger partial charge in [-0.15, -0.1) is 12.4 Å². The summed E-state index contributed by atoms with van der Waals surface area (Å²) < 4.78 is 0. The van der Waals surface area contributed by atoms with Crippen molar-refractivity contribution in [2.24, 2.45) is 0 Å². The fourth-order valence-corrected chi connectivity index (χ4v) is 2.79. The molecule has 1 heterocycles. The van der Waals surface area contributed by atoms with E-state index >= 15 is 0 Å². The Bertz CT molecular complexity index is 390. The Hall–Kier alpha value is 0.01000. The van der Waals surface area contributed by atoms with Crippen LogP contribution >= 0.6 is 35.6 Å². The van der Waals surface area contributed by atoms with Gasteiger partial charge in [-0.1, -0.05) is 29.3 Å². The summed E-state index contributed by atoms with van der Waals surface area (Å²) in [4.78, 5) is 0. The minimum absolute atomic E-state index is 0. The molecular formula is C13H18Cl3NO. The molecule has 0 amide bonds. The molecule has 2 nitrogen and oxygen atoms in total. The van der Waals surface area contributed by atoms with Crippen molar-refractivity contribution in [1.82, 2.24) is 5.32 Å². The molecule has 2 rings (SSSR count). The molecule has 0 radical (unpaired) electrons. The van der Waals surface area contributed by atoms with Crippen molar-refractivity contribution >= 4 is 35.6 Å². The normalized spacial score (nSPS) is 24.2. The third kappa shape index (κ3) is 3.31. The molecule has 1 atom stereocenters. The highest BCUT2D eigenvalue weighted by atomic mass is 35.5. The average Bonchev–Trinajstić information content (AvgIpc) is 2.59. The highest BCUT2D eigenvalue weighted by Crippen LogP contribution is 2.36. The van der Waals surface area contributed by atoms with E-state index in [1.807, 2.05) is 18.2 Å². The van der Waals surface area contributed by atoms with E-state index in [2.05, 4.69) is 5.32 Å². The summed E-state index contributed by atoms with van der Waals surface area (Å²) in [6.07, 6.45) is 2.98. The number of aliphatic hydroxyl groups is 1. The van der Waals surface area contributed by atoms with E-state index in [4.69, 9.17) is 23.2 Å². The zero-order valence-corrected chi connectivity index (χ0v) is 12.4. The lowest BCUT2D eigenvalue weighted by atomic mass is 9.75. The van der Waals surface area contributed by atoms with Crippen LogP contribution in [0.2, 0.25) is 10.0 Å². The van der Waals surface area contributed by atoms with Crippen molar-refractivity contribution in [3.63, 3.8) is 0 Å². The van der Waals surface area contributed by atoms with Crippen molar-refractivity contribution in [1.29, 1.82) is 0 Å². The van der Waals surface area contributed by atoms with E-state index in [0.29, 0.717) is 10.0 Å². The topological polar surface area (TPSA) is 32.3 Å². The summed E-state index contributed by atoms with van der Waals surface area (Å²) in [6.45, 7) is 2.11. The molecule has 1 aromatic rings. The number of hydrogen-bond acceptors (Lipinski definition) is 2. The van der Waals surface area contributed by atoms with Gasteiger partial charge in [0, 0.05) is 5.41 Å². The van der Waals surface area contributed by atoms with E-state index in [1.54, 1.807) is 0 Å². The minimum Gasteiger partial charge on any atom is -0.395 e. The molecule has 5 heteroatoms. The molecule has 18 heavy (non-hydrogen) atoms. The molecule has 0 aliphatic carbocycles. The van der Waals surface area contributed by atoms with E-state index in [9.17, 15) is 5.11 Å². The van der Waals surface area contributed by atoms with Gasteiger partial charge in [-0.2, -0.15) is 0 Å². The molecule has 1 saturated heterocycles. The molecule has 1 aliphatic heterocycles. The lowest BCUT2D eigenvalue weighted by molar-refractivity contribution is 0.179. The highest BCUT2D eigenvalue weighted by Gasteiger charge is 2.32. The first-order chi connectivity index (χ1) is 8.18. The molecule has 1 fully saturated rings. The van der Waals surface area contributed by atoms with Crippen molar-refractivity contribution < 1.29 is 5.11 Å². The Morgan fingerprint density at radius 3 is 2.61 bits per heavy atom. The van der Waals surface area contributed by atoms with Crippen LogP contribution in [0.3, 0.4) is 0 Å². The molecule has 0 bridgehead atoms. The third-order valence-electron chi connectivity index (χ3n) is 3.62. The molecule has 0 spiro atoms. The van der Waals surface area contributed by atoms with Crippen molar-refractivity contribution in [3.05, 3.63) is 33.8 Å². The molecule has 1 unspecified atom stereocenters. The Morgan fingerprint density at radius 1 is 1.17 bits per heavy atom. The van der Waals surface area contributed by atoms with Crippen LogP contribution in [0, 0.1) is 0 Å². The van der Waals surface area contributed by atoms with Gasteiger partial charge in [-0.25, -0.2) is 0 Å². The van der Waals surface area contributed by atoms with Crippen molar-refractivity contribution in [2.75, 3.05) is 19.7 Å². The third-order valence-corrected chi connectivity index (χ3v) is 4.36. The Morgan fingerprint density at radius 2 is 1.94 bits per heavy atom. The number of rotatable bonds is 2. The van der Waals surface area contributed by atoms with Crippen LogP contribution in [0.25, 0.3) is 0 Å². The lowest BCUT2D eigenvalue weighted by Crippen LogP contribution is -2.31. The molecule has 2 N–H and O–H groups in total. The van der Waals surface area contributed by atoms with Gasteiger partial charge in [0.05, 0.1) is 16.7 Å². The van der Waals surface area contributed by atoms with E-state index < -0.39 is 0 Å². The van der Waals surface area contributed by atoms with Crippen molar-refractivity contribution in [2.45, 2.75) is 24.7 Å². The van der Waals surface area contributed by atoms with Gasteiger partial charge in [0.1, 0.15) is 0 Å². The van der Waals surface area contributed by atoms with Gasteiger partial charge in [0.2, 0.25) is 0 Å². The molecule has 1 aromatic carbocycles. The summed E-state index contributed by atoms with van der Waals surface area (Å²) >= 11 is 12.0. The van der Waals surface area contributed by atoms with Gasteiger partial charge in [0.15, 0.2) is 0 Å². The van der Waals surface area contributed by atoms with E-state index in [1.165, 1.54) is 0 Å². The number of benzene rings is 1. The van der Waals surface area contributed by atoms with Crippen LogP contribution in [0.1, 0.15) is 24.8 Å². The summed E-state index contributed by atoms with van der Waals surface area (Å²) in [7, 11) is 0. The molecule has 1 aliphatic rings. The van der Waals surface area contributed by atoms with Gasteiger partial charge < -0.3 is 10.4 Å². The van der Waals surface area contributed by atoms with Gasteiger partial charge in [0.25, 0.3) is 0 Å². The van der Waals surface area contributed by atoms with Crippen LogP contribution in [0.5, 0.6) is 0 Å². The fraction of sp³-hybridized carbons (Fsp3) is 0.538. The summed E-state index contributed by atoms with van der Waals surface area (Å²) in [5, 5.41) is 14.3. The second kappa shape index (κ2) is 6.97. The molecule has 0 saturated carbocycles. The lowest BCUT2D eigenvalue weighted by Gasteiger charge is -2.31. The second-order valence-electron chi connectivity index (χ2n) is 4.67. The SMILES string of the molecule is Cl.OCC1(c2ccc(Cl)c(Cl)c2)CCCNCC1. The smallest absolute Gasteiger partial charge is 0.0595 e. The summed E-state index contributed by atoms with van der Waals surface area (Å²) in [5.41, 5.74) is 0.927. The second-order valence-corrected chi connectivity index (χ2v) is 5.49. The van der Waals surface area contributed by atoms with Crippen LogP contribution < -0.4 is 5.32 Å². The zero-order valence-electron chi connectivity index (χ0n) is 10.1. The Kier molecular flexibility index (Phi) is 6.22. The van der Waals surface area contributed by atoms with Gasteiger partial charge in [-0.05, 0) is 50.0 Å². The maximum atomic E-state index is 9.78. The molecule has 0 aromatic heterocycles. The first-order valence-electron chi connectivity index (χ1n) is 5.95. The van der Waals surface area contributed by atoms with E-state index in [-0.39, 0.29) is 24.4 Å². The quantitative estimate of drug-likeness (QED) is 0.877. The minimum atomic E-state index is -0.169. The molecular weight excluding hydrogens is 293 g/mol. The van der Waals surface area contributed by atoms with Gasteiger partial charge in [-0.3, -0.25) is 0 Å². The van der Waals surface area contributed by atoms with Gasteiger partial charge >= 0.3 is 0 Å². The first kappa shape index (κ1) is 16.1. The fourth-order valence-electron chi connectivity index (χ4n) is 2.49. The predicted molar refractivity (Wildman–Crippen MR) is 79.2 cm³/mol.